The van der Waals surface area contributed by atoms with Gasteiger partial charge in [-0.1, -0.05) is 18.2 Å². The number of sulfonamides is 1. The van der Waals surface area contributed by atoms with Gasteiger partial charge < -0.3 is 5.32 Å². The quantitative estimate of drug-likeness (QED) is 0.721. The topological polar surface area (TPSA) is 66.5 Å². The molecule has 4 rings (SSSR count). The van der Waals surface area contributed by atoms with Gasteiger partial charge in [0.2, 0.25) is 15.9 Å². The van der Waals surface area contributed by atoms with Crippen molar-refractivity contribution in [2.45, 2.75) is 17.7 Å². The summed E-state index contributed by atoms with van der Waals surface area (Å²) in [5.74, 6) is -0.479. The van der Waals surface area contributed by atoms with Crippen molar-refractivity contribution in [3.8, 4) is 0 Å². The first kappa shape index (κ1) is 18.2. The van der Waals surface area contributed by atoms with Crippen molar-refractivity contribution in [1.29, 1.82) is 0 Å². The summed E-state index contributed by atoms with van der Waals surface area (Å²) < 4.78 is 28.3. The number of benzene rings is 2. The third-order valence-electron chi connectivity index (χ3n) is 4.86. The third-order valence-corrected chi connectivity index (χ3v) is 7.63. The van der Waals surface area contributed by atoms with Crippen LogP contribution in [-0.4, -0.2) is 31.7 Å². The predicted octanol–water partition coefficient (Wildman–Crippen LogP) is 3.94. The molecule has 1 aliphatic rings. The number of hydrogen-bond donors (Lipinski definition) is 1. The Morgan fingerprint density at radius 1 is 1.11 bits per heavy atom. The third kappa shape index (κ3) is 3.76. The Morgan fingerprint density at radius 3 is 2.74 bits per heavy atom. The number of nitrogens with zero attached hydrogens (tertiary/aromatic N) is 1. The van der Waals surface area contributed by atoms with Gasteiger partial charge in [-0.25, -0.2) is 8.42 Å². The molecule has 3 aromatic rings. The molecule has 7 heteroatoms. The number of carbonyl (C=O) groups is 1. The van der Waals surface area contributed by atoms with E-state index in [2.05, 4.69) is 5.32 Å². The summed E-state index contributed by atoms with van der Waals surface area (Å²) in [7, 11) is -3.57. The number of piperidine rings is 1. The number of fused-ring (bicyclic) bond motifs is 1. The zero-order chi connectivity index (χ0) is 18.9. The Morgan fingerprint density at radius 2 is 1.93 bits per heavy atom. The van der Waals surface area contributed by atoms with E-state index in [4.69, 9.17) is 0 Å². The molecule has 1 aromatic heterocycles. The van der Waals surface area contributed by atoms with E-state index in [1.807, 2.05) is 29.6 Å². The molecule has 0 aliphatic carbocycles. The summed E-state index contributed by atoms with van der Waals surface area (Å²) in [6, 6.07) is 16.2. The van der Waals surface area contributed by atoms with Gasteiger partial charge in [0.25, 0.3) is 0 Å². The van der Waals surface area contributed by atoms with Gasteiger partial charge in [0, 0.05) is 23.5 Å². The van der Waals surface area contributed by atoms with Crippen LogP contribution < -0.4 is 5.32 Å². The fourth-order valence-electron chi connectivity index (χ4n) is 3.41. The van der Waals surface area contributed by atoms with Gasteiger partial charge in [0.05, 0.1) is 10.8 Å². The molecule has 1 aliphatic heterocycles. The number of hydrogen-bond acceptors (Lipinski definition) is 4. The Balaban J connectivity index is 1.48. The fraction of sp³-hybridized carbons (Fsp3) is 0.250. The van der Waals surface area contributed by atoms with Crippen LogP contribution in [0.3, 0.4) is 0 Å². The van der Waals surface area contributed by atoms with E-state index in [0.29, 0.717) is 19.4 Å². The highest BCUT2D eigenvalue weighted by atomic mass is 32.2. The molecule has 2 heterocycles. The average Bonchev–Trinajstić information content (AvgIpc) is 3.16. The lowest BCUT2D eigenvalue weighted by molar-refractivity contribution is -0.120. The van der Waals surface area contributed by atoms with Crippen LogP contribution in [0.15, 0.2) is 64.9 Å². The number of rotatable bonds is 4. The highest BCUT2D eigenvalue weighted by Gasteiger charge is 2.33. The molecule has 0 saturated carbocycles. The van der Waals surface area contributed by atoms with Crippen LogP contribution in [0.5, 0.6) is 0 Å². The second-order valence-electron chi connectivity index (χ2n) is 6.68. The lowest BCUT2D eigenvalue weighted by Gasteiger charge is -2.31. The van der Waals surface area contributed by atoms with E-state index >= 15 is 0 Å². The standard InChI is InChI=1S/C20H20N2O3S2/c23-20(21-17-8-9-19-15(13-17)10-12-26-19)16-5-4-11-22(14-16)27(24,25)18-6-2-1-3-7-18/h1-3,6-10,12-13,16H,4-5,11,14H2,(H,21,23). The van der Waals surface area contributed by atoms with Crippen molar-refractivity contribution < 1.29 is 13.2 Å². The number of anilines is 1. The van der Waals surface area contributed by atoms with Crippen molar-refractivity contribution in [1.82, 2.24) is 4.31 Å². The van der Waals surface area contributed by atoms with Crippen LogP contribution in [0.2, 0.25) is 0 Å². The Hall–Kier alpha value is -2.22. The molecule has 1 N–H and O–H groups in total. The van der Waals surface area contributed by atoms with E-state index < -0.39 is 10.0 Å². The molecule has 1 atom stereocenters. The van der Waals surface area contributed by atoms with E-state index in [0.717, 1.165) is 11.1 Å². The maximum Gasteiger partial charge on any atom is 0.243 e. The highest BCUT2D eigenvalue weighted by Crippen LogP contribution is 2.27. The van der Waals surface area contributed by atoms with Crippen molar-refractivity contribution in [3.63, 3.8) is 0 Å². The van der Waals surface area contributed by atoms with Crippen LogP contribution in [0.4, 0.5) is 5.69 Å². The lowest BCUT2D eigenvalue weighted by atomic mass is 9.98. The fourth-order valence-corrected chi connectivity index (χ4v) is 5.72. The Labute approximate surface area is 162 Å². The normalized spacial score (nSPS) is 18.4. The minimum atomic E-state index is -3.57. The highest BCUT2D eigenvalue weighted by molar-refractivity contribution is 7.89. The Kier molecular flexibility index (Phi) is 4.99. The van der Waals surface area contributed by atoms with E-state index in [1.54, 1.807) is 41.7 Å². The summed E-state index contributed by atoms with van der Waals surface area (Å²) in [5.41, 5.74) is 0.744. The summed E-state index contributed by atoms with van der Waals surface area (Å²) >= 11 is 1.66. The van der Waals surface area contributed by atoms with Crippen molar-refractivity contribution in [2.24, 2.45) is 5.92 Å². The minimum Gasteiger partial charge on any atom is -0.326 e. The Bertz CT molecular complexity index is 1060. The van der Waals surface area contributed by atoms with E-state index in [1.165, 1.54) is 9.01 Å². The monoisotopic (exact) mass is 400 g/mol. The van der Waals surface area contributed by atoms with E-state index in [-0.39, 0.29) is 23.3 Å². The zero-order valence-electron chi connectivity index (χ0n) is 14.7. The molecule has 140 valence electrons. The van der Waals surface area contributed by atoms with Gasteiger partial charge in [-0.15, -0.1) is 11.3 Å². The number of nitrogens with one attached hydrogen (secondary N) is 1. The maximum atomic E-state index is 12.8. The summed E-state index contributed by atoms with van der Waals surface area (Å²) in [4.78, 5) is 13.0. The number of carbonyl (C=O) groups excluding carboxylic acids is 1. The molecule has 27 heavy (non-hydrogen) atoms. The largest absolute Gasteiger partial charge is 0.326 e. The van der Waals surface area contributed by atoms with Crippen LogP contribution >= 0.6 is 11.3 Å². The lowest BCUT2D eigenvalue weighted by Crippen LogP contribution is -2.43. The van der Waals surface area contributed by atoms with Gasteiger partial charge in [-0.05, 0) is 60.0 Å². The maximum absolute atomic E-state index is 12.8. The average molecular weight is 401 g/mol. The SMILES string of the molecule is O=C(Nc1ccc2sccc2c1)C1CCCN(S(=O)(=O)c2ccccc2)C1. The van der Waals surface area contributed by atoms with Crippen LogP contribution in [-0.2, 0) is 14.8 Å². The number of thiophene rings is 1. The summed E-state index contributed by atoms with van der Waals surface area (Å²) in [6.07, 6.45) is 1.36. The predicted molar refractivity (Wildman–Crippen MR) is 108 cm³/mol. The number of amides is 1. The molecule has 2 aromatic carbocycles. The van der Waals surface area contributed by atoms with Crippen LogP contribution in [0.25, 0.3) is 10.1 Å². The van der Waals surface area contributed by atoms with Crippen molar-refractivity contribution >= 4 is 43.0 Å². The molecule has 0 spiro atoms. The minimum absolute atomic E-state index is 0.127. The van der Waals surface area contributed by atoms with Gasteiger partial charge in [0.1, 0.15) is 0 Å². The molecule has 1 saturated heterocycles. The first-order valence-electron chi connectivity index (χ1n) is 8.87. The summed E-state index contributed by atoms with van der Waals surface area (Å²) in [5, 5.41) is 6.06. The first-order valence-corrected chi connectivity index (χ1v) is 11.2. The zero-order valence-corrected chi connectivity index (χ0v) is 16.3. The van der Waals surface area contributed by atoms with Crippen molar-refractivity contribution in [2.75, 3.05) is 18.4 Å². The molecular weight excluding hydrogens is 380 g/mol. The molecule has 1 unspecified atom stereocenters. The molecule has 1 amide bonds. The first-order chi connectivity index (χ1) is 13.0. The van der Waals surface area contributed by atoms with Gasteiger partial charge in [-0.2, -0.15) is 4.31 Å². The molecule has 1 fully saturated rings. The van der Waals surface area contributed by atoms with Gasteiger partial charge >= 0.3 is 0 Å². The van der Waals surface area contributed by atoms with Crippen molar-refractivity contribution in [3.05, 3.63) is 60.0 Å². The smallest absolute Gasteiger partial charge is 0.243 e. The summed E-state index contributed by atoms with van der Waals surface area (Å²) in [6.45, 7) is 0.658. The second kappa shape index (κ2) is 7.42. The van der Waals surface area contributed by atoms with Crippen LogP contribution in [0.1, 0.15) is 12.8 Å². The van der Waals surface area contributed by atoms with Gasteiger partial charge in [0.15, 0.2) is 0 Å². The van der Waals surface area contributed by atoms with Gasteiger partial charge in [-0.3, -0.25) is 4.79 Å². The molecule has 5 nitrogen and oxygen atoms in total. The van der Waals surface area contributed by atoms with Crippen LogP contribution in [0, 0.1) is 5.92 Å². The second-order valence-corrected chi connectivity index (χ2v) is 9.56. The molecule has 0 bridgehead atoms. The van der Waals surface area contributed by atoms with E-state index in [9.17, 15) is 13.2 Å². The molecule has 0 radical (unpaired) electrons. The molecular formula is C20H20N2O3S2.